The molecule has 1 heterocycles. The van der Waals surface area contributed by atoms with Crippen LogP contribution < -0.4 is 4.90 Å². The second kappa shape index (κ2) is 14.1. The van der Waals surface area contributed by atoms with E-state index in [4.69, 9.17) is 14.0 Å². The van der Waals surface area contributed by atoms with Crippen LogP contribution in [0.15, 0.2) is 241 Å². The first-order valence-corrected chi connectivity index (χ1v) is 19.9. The zero-order valence-electron chi connectivity index (χ0n) is 45.4. The molecule has 11 aromatic rings. The number of hydrogen-bond donors (Lipinski definition) is 0. The number of fused-ring (bicyclic) bond motifs is 8. The van der Waals surface area contributed by atoms with Crippen molar-refractivity contribution in [3.63, 3.8) is 0 Å². The Hall–Kier alpha value is -7.94. The highest BCUT2D eigenvalue weighted by Crippen LogP contribution is 2.57. The number of hydrogen-bond acceptors (Lipinski definition) is 2. The van der Waals surface area contributed by atoms with Gasteiger partial charge in [0.05, 0.1) is 34.3 Å². The molecule has 0 bridgehead atoms. The molecule has 0 atom stereocenters. The number of nitrogens with zero attached hydrogens (tertiary/aromatic N) is 1. The summed E-state index contributed by atoms with van der Waals surface area (Å²) < 4.78 is 126. The van der Waals surface area contributed by atoms with Gasteiger partial charge >= 0.3 is 0 Å². The van der Waals surface area contributed by atoms with E-state index in [9.17, 15) is 8.22 Å². The van der Waals surface area contributed by atoms with Crippen LogP contribution in [-0.2, 0) is 5.41 Å². The minimum absolute atomic E-state index is 0.00612. The number of furan rings is 1. The van der Waals surface area contributed by atoms with E-state index >= 15 is 0 Å². The molecule has 0 spiro atoms. The zero-order valence-corrected chi connectivity index (χ0v) is 32.4. The Morgan fingerprint density at radius 1 is 0.426 bits per heavy atom. The molecule has 10 aromatic carbocycles. The van der Waals surface area contributed by atoms with Gasteiger partial charge in [0, 0.05) is 22.1 Å². The standard InChI is InChI=1S/C59H39NO/c1-5-18-40(19-6-1)41-32-34-45(35-33-41)60(55-30-17-31-56-57(55)52-39-51(42-20-7-2-8-21-42)47-26-13-14-28-50(47)58(52)61-56)46-36-37-49-48-27-15-16-29-53(48)59(54(49)38-46,43-22-9-3-10-23-43)44-24-11-4-12-25-44/h1-39H/i2D,7D,8D,13D,14D,17D,20D,21D,26D,28D,30D,31D,39D. The summed E-state index contributed by atoms with van der Waals surface area (Å²) in [5.41, 5.74) is 6.53. The Balaban J connectivity index is 1.25. The van der Waals surface area contributed by atoms with E-state index in [0.29, 0.717) is 11.4 Å². The van der Waals surface area contributed by atoms with E-state index in [0.717, 1.165) is 44.5 Å². The highest BCUT2D eigenvalue weighted by atomic mass is 16.3. The van der Waals surface area contributed by atoms with Crippen molar-refractivity contribution in [2.24, 2.45) is 0 Å². The summed E-state index contributed by atoms with van der Waals surface area (Å²) in [6.07, 6.45) is 0. The largest absolute Gasteiger partial charge is 0.455 e. The Labute approximate surface area is 373 Å². The SMILES string of the molecule is [2H]c1c([2H])c([2H])c(-c2c([2H])c3c(oc4c([2H])c([2H])c([2H])c(N(c5ccc(-c6ccccc6)cc5)c5ccc6c(c5)C(c5ccccc5)(c5ccccc5)c5ccccc5-6)c43)c3c([2H])c([2H])c([2H])c([2H])c23)c([2H])c1[2H]. The van der Waals surface area contributed by atoms with Gasteiger partial charge in [-0.2, -0.15) is 0 Å². The third-order valence-corrected chi connectivity index (χ3v) is 11.8. The van der Waals surface area contributed by atoms with Crippen LogP contribution in [0, 0.1) is 0 Å². The molecule has 1 aliphatic rings. The van der Waals surface area contributed by atoms with Crippen molar-refractivity contribution in [1.82, 2.24) is 0 Å². The molecule has 286 valence electrons. The summed E-state index contributed by atoms with van der Waals surface area (Å²) in [5, 5.41) is -0.792. The minimum Gasteiger partial charge on any atom is -0.455 e. The van der Waals surface area contributed by atoms with Crippen molar-refractivity contribution < 1.29 is 22.2 Å². The normalized spacial score (nSPS) is 15.7. The molecule has 0 saturated carbocycles. The predicted molar refractivity (Wildman–Crippen MR) is 254 cm³/mol. The van der Waals surface area contributed by atoms with Crippen LogP contribution >= 0.6 is 0 Å². The van der Waals surface area contributed by atoms with Crippen LogP contribution in [0.4, 0.5) is 17.1 Å². The average molecular weight is 791 g/mol. The van der Waals surface area contributed by atoms with Gasteiger partial charge in [0.1, 0.15) is 11.2 Å². The molecule has 0 radical (unpaired) electrons. The van der Waals surface area contributed by atoms with E-state index in [2.05, 4.69) is 42.5 Å². The van der Waals surface area contributed by atoms with Crippen LogP contribution in [0.3, 0.4) is 0 Å². The van der Waals surface area contributed by atoms with E-state index < -0.39 is 89.5 Å². The minimum atomic E-state index is -0.865. The summed E-state index contributed by atoms with van der Waals surface area (Å²) in [6.45, 7) is 0. The summed E-state index contributed by atoms with van der Waals surface area (Å²) in [5.74, 6) is 0. The topological polar surface area (TPSA) is 16.4 Å². The lowest BCUT2D eigenvalue weighted by Gasteiger charge is -2.35. The van der Waals surface area contributed by atoms with Crippen molar-refractivity contribution in [3.05, 3.63) is 259 Å². The fourth-order valence-electron chi connectivity index (χ4n) is 9.25. The molecule has 0 aliphatic heterocycles. The maximum atomic E-state index is 10.2. The molecule has 1 aliphatic carbocycles. The average Bonchev–Trinajstić information content (AvgIpc) is 3.98. The van der Waals surface area contributed by atoms with Crippen molar-refractivity contribution in [2.45, 2.75) is 5.41 Å². The van der Waals surface area contributed by atoms with Crippen molar-refractivity contribution in [2.75, 3.05) is 4.90 Å². The number of benzene rings is 10. The van der Waals surface area contributed by atoms with E-state index in [1.54, 1.807) is 4.90 Å². The Morgan fingerprint density at radius 2 is 1.03 bits per heavy atom. The Bertz CT molecular complexity index is 4100. The number of anilines is 3. The van der Waals surface area contributed by atoms with E-state index in [1.807, 2.05) is 115 Å². The van der Waals surface area contributed by atoms with Gasteiger partial charge < -0.3 is 9.32 Å². The fourth-order valence-corrected chi connectivity index (χ4v) is 9.25. The third kappa shape index (κ3) is 5.43. The van der Waals surface area contributed by atoms with Crippen LogP contribution in [0.5, 0.6) is 0 Å². The van der Waals surface area contributed by atoms with Gasteiger partial charge in [0.25, 0.3) is 0 Å². The summed E-state index contributed by atoms with van der Waals surface area (Å²) in [4.78, 5) is 1.78. The Kier molecular flexibility index (Phi) is 5.60. The van der Waals surface area contributed by atoms with E-state index in [1.165, 1.54) is 0 Å². The molecule has 0 saturated heterocycles. The van der Waals surface area contributed by atoms with Gasteiger partial charge in [-0.25, -0.2) is 0 Å². The first kappa shape index (κ1) is 24.2. The maximum Gasteiger partial charge on any atom is 0.143 e. The van der Waals surface area contributed by atoms with Crippen molar-refractivity contribution >= 4 is 49.8 Å². The molecule has 0 amide bonds. The lowest BCUT2D eigenvalue weighted by Crippen LogP contribution is -2.28. The van der Waals surface area contributed by atoms with Gasteiger partial charge in [0.15, 0.2) is 0 Å². The molecular formula is C59H39NO. The second-order valence-electron chi connectivity index (χ2n) is 15.0. The Morgan fingerprint density at radius 3 is 1.77 bits per heavy atom. The van der Waals surface area contributed by atoms with Gasteiger partial charge in [-0.05, 0) is 103 Å². The molecule has 1 aromatic heterocycles. The molecule has 2 heteroatoms. The molecular weight excluding hydrogens is 739 g/mol. The first-order valence-electron chi connectivity index (χ1n) is 26.4. The quantitative estimate of drug-likeness (QED) is 0.160. The molecule has 61 heavy (non-hydrogen) atoms. The lowest BCUT2D eigenvalue weighted by molar-refractivity contribution is 0.672. The highest BCUT2D eigenvalue weighted by Gasteiger charge is 2.46. The molecule has 0 N–H and O–H groups in total. The highest BCUT2D eigenvalue weighted by molar-refractivity contribution is 6.22. The van der Waals surface area contributed by atoms with Crippen LogP contribution in [-0.4, -0.2) is 0 Å². The van der Waals surface area contributed by atoms with E-state index in [-0.39, 0.29) is 44.0 Å². The van der Waals surface area contributed by atoms with Gasteiger partial charge in [-0.3, -0.25) is 0 Å². The van der Waals surface area contributed by atoms with Crippen LogP contribution in [0.25, 0.3) is 66.1 Å². The summed E-state index contributed by atoms with van der Waals surface area (Å²) in [7, 11) is 0. The van der Waals surface area contributed by atoms with Gasteiger partial charge in [0.2, 0.25) is 0 Å². The lowest BCUT2D eigenvalue weighted by atomic mass is 9.67. The molecule has 2 nitrogen and oxygen atoms in total. The first-order chi connectivity index (χ1) is 35.7. The monoisotopic (exact) mass is 790 g/mol. The second-order valence-corrected chi connectivity index (χ2v) is 15.0. The van der Waals surface area contributed by atoms with Crippen molar-refractivity contribution in [3.8, 4) is 33.4 Å². The third-order valence-electron chi connectivity index (χ3n) is 11.8. The smallest absolute Gasteiger partial charge is 0.143 e. The van der Waals surface area contributed by atoms with Gasteiger partial charge in [-0.1, -0.05) is 194 Å². The van der Waals surface area contributed by atoms with Crippen molar-refractivity contribution in [1.29, 1.82) is 0 Å². The maximum absolute atomic E-state index is 10.2. The fraction of sp³-hybridized carbons (Fsp3) is 0.0169. The van der Waals surface area contributed by atoms with Crippen LogP contribution in [0.1, 0.15) is 40.1 Å². The number of rotatable bonds is 7. The predicted octanol–water partition coefficient (Wildman–Crippen LogP) is 15.9. The summed E-state index contributed by atoms with van der Waals surface area (Å²) in [6, 6.07) is 43.9. The summed E-state index contributed by atoms with van der Waals surface area (Å²) >= 11 is 0. The van der Waals surface area contributed by atoms with Crippen LogP contribution in [0.2, 0.25) is 0 Å². The molecule has 12 rings (SSSR count). The van der Waals surface area contributed by atoms with Gasteiger partial charge in [-0.15, -0.1) is 0 Å². The molecule has 0 fully saturated rings. The zero-order chi connectivity index (χ0) is 51.6. The molecule has 0 unspecified atom stereocenters.